The zero-order valence-corrected chi connectivity index (χ0v) is 11.1. The van der Waals surface area contributed by atoms with Crippen LogP contribution in [-0.2, 0) is 18.4 Å². The summed E-state index contributed by atoms with van der Waals surface area (Å²) in [5.41, 5.74) is 10.5. The number of halogens is 1. The average molecular weight is 260 g/mol. The van der Waals surface area contributed by atoms with Crippen molar-refractivity contribution >= 4 is 12.4 Å². The summed E-state index contributed by atoms with van der Waals surface area (Å²) in [5.74, 6) is 0. The van der Waals surface area contributed by atoms with Crippen molar-refractivity contribution in [2.24, 2.45) is 5.73 Å². The molecule has 1 atom stereocenters. The standard InChI is InChI=1S/C16H17N.ClH/c17-16(12-13-6-2-1-3-7-13)11-10-14-8-4-5-9-15(14)16;/h1-9H,10-12,17H2;1H. The summed E-state index contributed by atoms with van der Waals surface area (Å²) in [5, 5.41) is 0. The second kappa shape index (κ2) is 5.13. The topological polar surface area (TPSA) is 26.0 Å². The fourth-order valence-electron chi connectivity index (χ4n) is 2.86. The van der Waals surface area contributed by atoms with Crippen molar-refractivity contribution in [2.75, 3.05) is 0 Å². The average Bonchev–Trinajstić information content (AvgIpc) is 2.69. The van der Waals surface area contributed by atoms with Crippen molar-refractivity contribution in [2.45, 2.75) is 24.8 Å². The molecule has 0 spiro atoms. The quantitative estimate of drug-likeness (QED) is 0.878. The van der Waals surface area contributed by atoms with E-state index in [1.54, 1.807) is 0 Å². The smallest absolute Gasteiger partial charge is 0.0456 e. The largest absolute Gasteiger partial charge is 0.321 e. The Morgan fingerprint density at radius 1 is 0.944 bits per heavy atom. The highest BCUT2D eigenvalue weighted by Crippen LogP contribution is 2.37. The first-order chi connectivity index (χ1) is 8.28. The lowest BCUT2D eigenvalue weighted by Gasteiger charge is -2.25. The summed E-state index contributed by atoms with van der Waals surface area (Å²) in [4.78, 5) is 0. The van der Waals surface area contributed by atoms with Gasteiger partial charge in [0, 0.05) is 5.54 Å². The third-order valence-corrected chi connectivity index (χ3v) is 3.76. The molecule has 1 nitrogen and oxygen atoms in total. The van der Waals surface area contributed by atoms with Crippen molar-refractivity contribution in [3.63, 3.8) is 0 Å². The highest BCUT2D eigenvalue weighted by molar-refractivity contribution is 5.85. The summed E-state index contributed by atoms with van der Waals surface area (Å²) in [7, 11) is 0. The molecule has 0 heterocycles. The van der Waals surface area contributed by atoms with Crippen LogP contribution in [0.1, 0.15) is 23.1 Å². The predicted molar refractivity (Wildman–Crippen MR) is 78.0 cm³/mol. The van der Waals surface area contributed by atoms with Crippen molar-refractivity contribution in [1.29, 1.82) is 0 Å². The van der Waals surface area contributed by atoms with E-state index in [-0.39, 0.29) is 17.9 Å². The number of nitrogens with two attached hydrogens (primary N) is 1. The lowest BCUT2D eigenvalue weighted by atomic mass is 9.86. The molecule has 0 aliphatic heterocycles. The molecular weight excluding hydrogens is 242 g/mol. The van der Waals surface area contributed by atoms with E-state index in [2.05, 4.69) is 54.6 Å². The van der Waals surface area contributed by atoms with Gasteiger partial charge < -0.3 is 5.73 Å². The lowest BCUT2D eigenvalue weighted by Crippen LogP contribution is -2.36. The number of benzene rings is 2. The van der Waals surface area contributed by atoms with Crippen LogP contribution < -0.4 is 5.73 Å². The second-order valence-electron chi connectivity index (χ2n) is 4.98. The minimum absolute atomic E-state index is 0. The third-order valence-electron chi connectivity index (χ3n) is 3.76. The number of rotatable bonds is 2. The van der Waals surface area contributed by atoms with E-state index in [0.717, 1.165) is 19.3 Å². The van der Waals surface area contributed by atoms with Gasteiger partial charge in [-0.3, -0.25) is 0 Å². The molecule has 2 aromatic carbocycles. The predicted octanol–water partition coefficient (Wildman–Crippen LogP) is 3.45. The first-order valence-corrected chi connectivity index (χ1v) is 6.19. The zero-order chi connectivity index (χ0) is 11.7. The van der Waals surface area contributed by atoms with E-state index < -0.39 is 0 Å². The summed E-state index contributed by atoms with van der Waals surface area (Å²) in [6.45, 7) is 0. The van der Waals surface area contributed by atoms with Gasteiger partial charge in [0.2, 0.25) is 0 Å². The van der Waals surface area contributed by atoms with Gasteiger partial charge >= 0.3 is 0 Å². The van der Waals surface area contributed by atoms with E-state index in [1.807, 2.05) is 0 Å². The van der Waals surface area contributed by atoms with Crippen LogP contribution in [-0.4, -0.2) is 0 Å². The minimum atomic E-state index is -0.169. The van der Waals surface area contributed by atoms with Gasteiger partial charge in [-0.2, -0.15) is 0 Å². The van der Waals surface area contributed by atoms with Crippen molar-refractivity contribution < 1.29 is 0 Å². The maximum absolute atomic E-state index is 6.60. The number of hydrogen-bond donors (Lipinski definition) is 1. The van der Waals surface area contributed by atoms with Gasteiger partial charge in [0.25, 0.3) is 0 Å². The Hall–Kier alpha value is -1.31. The Kier molecular flexibility index (Phi) is 3.74. The zero-order valence-electron chi connectivity index (χ0n) is 10.3. The second-order valence-corrected chi connectivity index (χ2v) is 4.98. The molecule has 0 bridgehead atoms. The molecular formula is C16H18ClN. The van der Waals surface area contributed by atoms with Crippen LogP contribution in [0.5, 0.6) is 0 Å². The molecule has 94 valence electrons. The Morgan fingerprint density at radius 3 is 2.39 bits per heavy atom. The summed E-state index contributed by atoms with van der Waals surface area (Å²) in [6, 6.07) is 19.1. The molecule has 1 aliphatic rings. The van der Waals surface area contributed by atoms with Crippen molar-refractivity contribution in [3.8, 4) is 0 Å². The van der Waals surface area contributed by atoms with Crippen LogP contribution in [0.4, 0.5) is 0 Å². The molecule has 0 amide bonds. The van der Waals surface area contributed by atoms with Crippen molar-refractivity contribution in [3.05, 3.63) is 71.3 Å². The number of fused-ring (bicyclic) bond motifs is 1. The number of aryl methyl sites for hydroxylation is 1. The first kappa shape index (κ1) is 13.1. The van der Waals surface area contributed by atoms with Crippen LogP contribution in [0.3, 0.4) is 0 Å². The Balaban J connectivity index is 0.00000120. The molecule has 18 heavy (non-hydrogen) atoms. The van der Waals surface area contributed by atoms with E-state index in [1.165, 1.54) is 16.7 Å². The number of hydrogen-bond acceptors (Lipinski definition) is 1. The van der Waals surface area contributed by atoms with Crippen molar-refractivity contribution in [1.82, 2.24) is 0 Å². The highest BCUT2D eigenvalue weighted by atomic mass is 35.5. The van der Waals surface area contributed by atoms with Gasteiger partial charge in [-0.15, -0.1) is 12.4 Å². The van der Waals surface area contributed by atoms with Crippen LogP contribution in [0.15, 0.2) is 54.6 Å². The van der Waals surface area contributed by atoms with E-state index in [9.17, 15) is 0 Å². The monoisotopic (exact) mass is 259 g/mol. The summed E-state index contributed by atoms with van der Waals surface area (Å²) >= 11 is 0. The van der Waals surface area contributed by atoms with Crippen LogP contribution in [0.25, 0.3) is 0 Å². The molecule has 1 unspecified atom stereocenters. The molecule has 3 rings (SSSR count). The molecule has 1 aliphatic carbocycles. The van der Waals surface area contributed by atoms with Gasteiger partial charge in [0.05, 0.1) is 0 Å². The van der Waals surface area contributed by atoms with E-state index in [4.69, 9.17) is 5.73 Å². The van der Waals surface area contributed by atoms with Gasteiger partial charge in [-0.05, 0) is 36.0 Å². The molecule has 2 heteroatoms. The maximum Gasteiger partial charge on any atom is 0.0456 e. The van der Waals surface area contributed by atoms with E-state index in [0.29, 0.717) is 0 Å². The molecule has 0 saturated carbocycles. The summed E-state index contributed by atoms with van der Waals surface area (Å²) < 4.78 is 0. The van der Waals surface area contributed by atoms with Gasteiger partial charge in [0.15, 0.2) is 0 Å². The van der Waals surface area contributed by atoms with E-state index >= 15 is 0 Å². The molecule has 0 fully saturated rings. The highest BCUT2D eigenvalue weighted by Gasteiger charge is 2.34. The fraction of sp³-hybridized carbons (Fsp3) is 0.250. The molecule has 2 aromatic rings. The molecule has 0 aromatic heterocycles. The Bertz CT molecular complexity index is 524. The SMILES string of the molecule is Cl.NC1(Cc2ccccc2)CCc2ccccc21. The normalized spacial score (nSPS) is 21.2. The maximum atomic E-state index is 6.60. The van der Waals surface area contributed by atoms with Crippen LogP contribution in [0, 0.1) is 0 Å². The lowest BCUT2D eigenvalue weighted by molar-refractivity contribution is 0.439. The third kappa shape index (κ3) is 2.29. The minimum Gasteiger partial charge on any atom is -0.321 e. The van der Waals surface area contributed by atoms with Crippen LogP contribution >= 0.6 is 12.4 Å². The van der Waals surface area contributed by atoms with Gasteiger partial charge in [-0.25, -0.2) is 0 Å². The molecule has 0 saturated heterocycles. The van der Waals surface area contributed by atoms with Gasteiger partial charge in [0.1, 0.15) is 0 Å². The Morgan fingerprint density at radius 2 is 1.61 bits per heavy atom. The molecule has 2 N–H and O–H groups in total. The fourth-order valence-corrected chi connectivity index (χ4v) is 2.86. The van der Waals surface area contributed by atoms with Crippen LogP contribution in [0.2, 0.25) is 0 Å². The van der Waals surface area contributed by atoms with Gasteiger partial charge in [-0.1, -0.05) is 54.6 Å². The molecule has 0 radical (unpaired) electrons. The Labute approximate surface area is 114 Å². The summed E-state index contributed by atoms with van der Waals surface area (Å²) in [6.07, 6.45) is 3.10. The first-order valence-electron chi connectivity index (χ1n) is 6.19.